The van der Waals surface area contributed by atoms with Crippen molar-refractivity contribution in [2.75, 3.05) is 5.32 Å². The summed E-state index contributed by atoms with van der Waals surface area (Å²) >= 11 is 1.49. The second-order valence-corrected chi connectivity index (χ2v) is 8.16. The number of fused-ring (bicyclic) bond motifs is 1. The number of aryl methyl sites for hydroxylation is 3. The summed E-state index contributed by atoms with van der Waals surface area (Å²) in [5.74, 6) is 0.119. The monoisotopic (exact) mass is 404 g/mol. The molecule has 3 aromatic heterocycles. The number of carbonyl (C=O) groups excluding carboxylic acids is 1. The Morgan fingerprint density at radius 2 is 1.93 bits per heavy atom. The lowest BCUT2D eigenvalue weighted by Crippen LogP contribution is -2.28. The Morgan fingerprint density at radius 3 is 2.66 bits per heavy atom. The van der Waals surface area contributed by atoms with Gasteiger partial charge in [-0.05, 0) is 49.6 Å². The molecule has 0 bridgehead atoms. The number of benzene rings is 1. The molecule has 7 heteroatoms. The number of rotatable bonds is 4. The van der Waals surface area contributed by atoms with Crippen molar-refractivity contribution >= 4 is 33.3 Å². The molecule has 0 aliphatic rings. The Labute approximate surface area is 171 Å². The van der Waals surface area contributed by atoms with E-state index in [9.17, 15) is 9.59 Å². The molecule has 0 spiro atoms. The predicted molar refractivity (Wildman–Crippen MR) is 116 cm³/mol. The second-order valence-electron chi connectivity index (χ2n) is 6.95. The molecule has 0 aliphatic carbocycles. The van der Waals surface area contributed by atoms with E-state index in [1.807, 2.05) is 13.0 Å². The molecule has 0 saturated carbocycles. The third kappa shape index (κ3) is 3.69. The van der Waals surface area contributed by atoms with Crippen LogP contribution in [0.5, 0.6) is 0 Å². The Balaban J connectivity index is 1.74. The van der Waals surface area contributed by atoms with Gasteiger partial charge in [0.1, 0.15) is 17.2 Å². The largest absolute Gasteiger partial charge is 0.309 e. The van der Waals surface area contributed by atoms with E-state index in [0.717, 1.165) is 16.0 Å². The lowest BCUT2D eigenvalue weighted by molar-refractivity contribution is -0.116. The van der Waals surface area contributed by atoms with Crippen LogP contribution in [0.15, 0.2) is 53.7 Å². The number of carbonyl (C=O) groups is 1. The summed E-state index contributed by atoms with van der Waals surface area (Å²) in [6.45, 7) is 5.99. The van der Waals surface area contributed by atoms with Gasteiger partial charge in [-0.25, -0.2) is 9.97 Å². The second kappa shape index (κ2) is 7.60. The van der Waals surface area contributed by atoms with Gasteiger partial charge in [0, 0.05) is 16.6 Å². The van der Waals surface area contributed by atoms with Gasteiger partial charge in [0.15, 0.2) is 0 Å². The number of hydrogen-bond donors (Lipinski definition) is 1. The van der Waals surface area contributed by atoms with Gasteiger partial charge in [-0.15, -0.1) is 11.3 Å². The maximum absolute atomic E-state index is 13.2. The standard InChI is InChI=1S/C22H20N4O2S/c1-13-7-8-16(10-14(13)2)19-15(3)29-21-20(19)22(28)26(12-24-21)11-18(27)25-17-6-4-5-9-23-17/h4-10,12H,11H2,1-3H3,(H,23,25,27). The van der Waals surface area contributed by atoms with E-state index >= 15 is 0 Å². The molecule has 4 rings (SSSR count). The SMILES string of the molecule is Cc1ccc(-c2c(C)sc3ncn(CC(=O)Nc4ccccn4)c(=O)c23)cc1C. The zero-order valence-electron chi connectivity index (χ0n) is 16.4. The number of hydrogen-bond acceptors (Lipinski definition) is 5. The van der Waals surface area contributed by atoms with Gasteiger partial charge in [-0.3, -0.25) is 14.2 Å². The molecule has 0 fully saturated rings. The van der Waals surface area contributed by atoms with Crippen molar-refractivity contribution in [3.63, 3.8) is 0 Å². The maximum Gasteiger partial charge on any atom is 0.263 e. The fourth-order valence-corrected chi connectivity index (χ4v) is 4.27. The first kappa shape index (κ1) is 19.0. The molecule has 0 unspecified atom stereocenters. The third-order valence-corrected chi connectivity index (χ3v) is 5.91. The van der Waals surface area contributed by atoms with Crippen molar-refractivity contribution in [1.29, 1.82) is 0 Å². The summed E-state index contributed by atoms with van der Waals surface area (Å²) < 4.78 is 1.34. The molecule has 146 valence electrons. The Bertz CT molecular complexity index is 1280. The number of anilines is 1. The summed E-state index contributed by atoms with van der Waals surface area (Å²) in [7, 11) is 0. The highest BCUT2D eigenvalue weighted by atomic mass is 32.1. The molecule has 1 N–H and O–H groups in total. The van der Waals surface area contributed by atoms with E-state index in [1.165, 1.54) is 33.4 Å². The summed E-state index contributed by atoms with van der Waals surface area (Å²) in [4.78, 5) is 35.8. The third-order valence-electron chi connectivity index (χ3n) is 4.90. The molecular weight excluding hydrogens is 384 g/mol. The number of nitrogens with one attached hydrogen (secondary N) is 1. The number of nitrogens with zero attached hydrogens (tertiary/aromatic N) is 3. The lowest BCUT2D eigenvalue weighted by atomic mass is 9.99. The Hall–Kier alpha value is -3.32. The van der Waals surface area contributed by atoms with Crippen molar-refractivity contribution < 1.29 is 4.79 Å². The van der Waals surface area contributed by atoms with Crippen LogP contribution >= 0.6 is 11.3 Å². The van der Waals surface area contributed by atoms with Crippen LogP contribution in [0, 0.1) is 20.8 Å². The van der Waals surface area contributed by atoms with Gasteiger partial charge in [0.25, 0.3) is 5.56 Å². The lowest BCUT2D eigenvalue weighted by Gasteiger charge is -2.08. The number of pyridine rings is 1. The predicted octanol–water partition coefficient (Wildman–Crippen LogP) is 4.08. The molecule has 0 radical (unpaired) electrons. The van der Waals surface area contributed by atoms with E-state index in [2.05, 4.69) is 41.3 Å². The molecule has 4 aromatic rings. The maximum atomic E-state index is 13.2. The van der Waals surface area contributed by atoms with Gasteiger partial charge >= 0.3 is 0 Å². The average molecular weight is 404 g/mol. The summed E-state index contributed by atoms with van der Waals surface area (Å²) in [6.07, 6.45) is 3.03. The van der Waals surface area contributed by atoms with Crippen LogP contribution < -0.4 is 10.9 Å². The van der Waals surface area contributed by atoms with Crippen molar-refractivity contribution in [1.82, 2.24) is 14.5 Å². The average Bonchev–Trinajstić information content (AvgIpc) is 3.04. The van der Waals surface area contributed by atoms with Gasteiger partial charge in [-0.2, -0.15) is 0 Å². The normalized spacial score (nSPS) is 11.0. The molecule has 0 saturated heterocycles. The van der Waals surface area contributed by atoms with Crippen LogP contribution in [0.1, 0.15) is 16.0 Å². The topological polar surface area (TPSA) is 76.9 Å². The van der Waals surface area contributed by atoms with Gasteiger partial charge < -0.3 is 5.32 Å². The van der Waals surface area contributed by atoms with E-state index in [1.54, 1.807) is 24.4 Å². The smallest absolute Gasteiger partial charge is 0.263 e. The van der Waals surface area contributed by atoms with Crippen LogP contribution in [0.25, 0.3) is 21.3 Å². The van der Waals surface area contributed by atoms with Crippen molar-refractivity contribution in [3.05, 3.63) is 75.3 Å². The first-order valence-corrected chi connectivity index (χ1v) is 10.0. The zero-order valence-corrected chi connectivity index (χ0v) is 17.2. The van der Waals surface area contributed by atoms with E-state index in [-0.39, 0.29) is 18.0 Å². The molecule has 6 nitrogen and oxygen atoms in total. The van der Waals surface area contributed by atoms with Crippen LogP contribution in [-0.2, 0) is 11.3 Å². The first-order valence-electron chi connectivity index (χ1n) is 9.21. The fraction of sp³-hybridized carbons (Fsp3) is 0.182. The van der Waals surface area contributed by atoms with Gasteiger partial charge in [-0.1, -0.05) is 24.3 Å². The number of amides is 1. The van der Waals surface area contributed by atoms with Gasteiger partial charge in [0.05, 0.1) is 11.7 Å². The molecule has 3 heterocycles. The highest BCUT2D eigenvalue weighted by Crippen LogP contribution is 2.36. The first-order chi connectivity index (χ1) is 13.9. The quantitative estimate of drug-likeness (QED) is 0.556. The van der Waals surface area contributed by atoms with Crippen LogP contribution in [0.3, 0.4) is 0 Å². The van der Waals surface area contributed by atoms with Crippen LogP contribution in [0.4, 0.5) is 5.82 Å². The number of thiophene rings is 1. The van der Waals surface area contributed by atoms with Crippen LogP contribution in [0.2, 0.25) is 0 Å². The molecule has 1 amide bonds. The highest BCUT2D eigenvalue weighted by Gasteiger charge is 2.18. The van der Waals surface area contributed by atoms with E-state index in [4.69, 9.17) is 0 Å². The summed E-state index contributed by atoms with van der Waals surface area (Å²) in [5, 5.41) is 3.26. The fourth-order valence-electron chi connectivity index (χ4n) is 3.27. The van der Waals surface area contributed by atoms with E-state index < -0.39 is 0 Å². The summed E-state index contributed by atoms with van der Waals surface area (Å²) in [5.41, 5.74) is 4.04. The molecule has 1 aromatic carbocycles. The van der Waals surface area contributed by atoms with E-state index in [0.29, 0.717) is 16.0 Å². The van der Waals surface area contributed by atoms with Crippen molar-refractivity contribution in [2.45, 2.75) is 27.3 Å². The van der Waals surface area contributed by atoms with Crippen LogP contribution in [-0.4, -0.2) is 20.4 Å². The Morgan fingerprint density at radius 1 is 1.10 bits per heavy atom. The molecule has 0 atom stereocenters. The molecular formula is C22H20N4O2S. The summed E-state index contributed by atoms with van der Waals surface area (Å²) in [6, 6.07) is 11.4. The minimum Gasteiger partial charge on any atom is -0.309 e. The van der Waals surface area contributed by atoms with Crippen molar-refractivity contribution in [3.8, 4) is 11.1 Å². The zero-order chi connectivity index (χ0) is 20.5. The molecule has 0 aliphatic heterocycles. The minimum atomic E-state index is -0.327. The van der Waals surface area contributed by atoms with Gasteiger partial charge in [0.2, 0.25) is 5.91 Å². The minimum absolute atomic E-state index is 0.125. The molecule has 29 heavy (non-hydrogen) atoms. The van der Waals surface area contributed by atoms with Crippen molar-refractivity contribution in [2.24, 2.45) is 0 Å². The Kier molecular flexibility index (Phi) is 4.98. The number of aromatic nitrogens is 3. The highest BCUT2D eigenvalue weighted by molar-refractivity contribution is 7.19.